The van der Waals surface area contributed by atoms with Gasteiger partial charge in [-0.15, -0.1) is 0 Å². The van der Waals surface area contributed by atoms with E-state index in [0.717, 1.165) is 10.9 Å². The number of aromatic nitrogens is 1. The summed E-state index contributed by atoms with van der Waals surface area (Å²) < 4.78 is 0. The van der Waals surface area contributed by atoms with Crippen LogP contribution in [0.3, 0.4) is 0 Å². The van der Waals surface area contributed by atoms with Gasteiger partial charge in [-0.1, -0.05) is 6.07 Å². The Morgan fingerprint density at radius 2 is 2.14 bits per heavy atom. The summed E-state index contributed by atoms with van der Waals surface area (Å²) in [5.74, 6) is -0.952. The van der Waals surface area contributed by atoms with Crippen molar-refractivity contribution in [3.8, 4) is 0 Å². The highest BCUT2D eigenvalue weighted by Gasteiger charge is 2.05. The van der Waals surface area contributed by atoms with Crippen molar-refractivity contribution in [3.63, 3.8) is 0 Å². The normalized spacial score (nSPS) is 10.6. The number of aliphatic hydroxyl groups excluding tert-OH is 1. The number of aromatic carboxylic acids is 1. The van der Waals surface area contributed by atoms with Crippen molar-refractivity contribution >= 4 is 16.9 Å². The molecule has 0 saturated heterocycles. The number of aliphatic hydroxyl groups is 1. The van der Waals surface area contributed by atoms with Crippen LogP contribution >= 0.6 is 0 Å². The lowest BCUT2D eigenvalue weighted by Gasteiger charge is -1.93. The lowest BCUT2D eigenvalue weighted by molar-refractivity contribution is 0.0697. The minimum absolute atomic E-state index is 0.0723. The molecule has 2 aromatic rings. The minimum atomic E-state index is -0.952. The van der Waals surface area contributed by atoms with E-state index in [1.54, 1.807) is 24.3 Å². The first-order chi connectivity index (χ1) is 6.70. The Hall–Kier alpha value is -1.81. The van der Waals surface area contributed by atoms with Crippen LogP contribution < -0.4 is 0 Å². The van der Waals surface area contributed by atoms with Gasteiger partial charge in [0.05, 0.1) is 12.2 Å². The van der Waals surface area contributed by atoms with Crippen LogP contribution in [-0.2, 0) is 6.61 Å². The fourth-order valence-electron chi connectivity index (χ4n) is 1.41. The summed E-state index contributed by atoms with van der Waals surface area (Å²) in [7, 11) is 0. The monoisotopic (exact) mass is 191 g/mol. The summed E-state index contributed by atoms with van der Waals surface area (Å²) in [6, 6.07) is 6.60. The first-order valence-corrected chi connectivity index (χ1v) is 4.16. The molecule has 0 atom stereocenters. The third-order valence-electron chi connectivity index (χ3n) is 2.10. The Kier molecular flexibility index (Phi) is 1.98. The number of carbonyl (C=O) groups is 1. The van der Waals surface area contributed by atoms with Gasteiger partial charge < -0.3 is 15.2 Å². The third kappa shape index (κ3) is 1.36. The van der Waals surface area contributed by atoms with E-state index in [9.17, 15) is 4.79 Å². The van der Waals surface area contributed by atoms with Crippen molar-refractivity contribution in [2.24, 2.45) is 0 Å². The lowest BCUT2D eigenvalue weighted by Crippen LogP contribution is -1.94. The Morgan fingerprint density at radius 1 is 1.36 bits per heavy atom. The topological polar surface area (TPSA) is 73.3 Å². The van der Waals surface area contributed by atoms with E-state index in [2.05, 4.69) is 4.98 Å². The number of carboxylic acids is 1. The molecule has 0 bridgehead atoms. The predicted octanol–water partition coefficient (Wildman–Crippen LogP) is 1.36. The zero-order valence-electron chi connectivity index (χ0n) is 7.32. The van der Waals surface area contributed by atoms with Crippen LogP contribution in [0.15, 0.2) is 24.3 Å². The van der Waals surface area contributed by atoms with Gasteiger partial charge in [0.2, 0.25) is 0 Å². The number of aromatic amines is 1. The van der Waals surface area contributed by atoms with E-state index in [1.807, 2.05) is 0 Å². The number of nitrogens with one attached hydrogen (secondary N) is 1. The van der Waals surface area contributed by atoms with Crippen molar-refractivity contribution in [1.82, 2.24) is 4.98 Å². The highest BCUT2D eigenvalue weighted by Crippen LogP contribution is 2.17. The van der Waals surface area contributed by atoms with Crippen LogP contribution in [0.5, 0.6) is 0 Å². The first kappa shape index (κ1) is 8.77. The Balaban J connectivity index is 2.59. The van der Waals surface area contributed by atoms with Gasteiger partial charge in [-0.05, 0) is 23.6 Å². The molecule has 0 aliphatic carbocycles. The molecular weight excluding hydrogens is 182 g/mol. The van der Waals surface area contributed by atoms with Gasteiger partial charge in [-0.3, -0.25) is 0 Å². The number of benzene rings is 1. The van der Waals surface area contributed by atoms with Gasteiger partial charge in [0, 0.05) is 11.2 Å². The van der Waals surface area contributed by atoms with Gasteiger partial charge in [0.25, 0.3) is 0 Å². The van der Waals surface area contributed by atoms with Crippen molar-refractivity contribution in [2.45, 2.75) is 6.61 Å². The molecule has 1 aromatic heterocycles. The van der Waals surface area contributed by atoms with Crippen LogP contribution in [0.2, 0.25) is 0 Å². The molecule has 0 aliphatic heterocycles. The van der Waals surface area contributed by atoms with Gasteiger partial charge in [0.1, 0.15) is 0 Å². The van der Waals surface area contributed by atoms with Gasteiger partial charge in [-0.2, -0.15) is 0 Å². The second-order valence-corrected chi connectivity index (χ2v) is 3.06. The van der Waals surface area contributed by atoms with Crippen molar-refractivity contribution < 1.29 is 15.0 Å². The Bertz CT molecular complexity index is 487. The maximum atomic E-state index is 10.7. The second-order valence-electron chi connectivity index (χ2n) is 3.06. The molecule has 4 nitrogen and oxygen atoms in total. The molecule has 0 aliphatic rings. The molecule has 0 radical (unpaired) electrons. The average molecular weight is 191 g/mol. The molecule has 72 valence electrons. The van der Waals surface area contributed by atoms with E-state index in [-0.39, 0.29) is 12.2 Å². The SMILES string of the molecule is O=C(O)c1ccc2cc(CO)[nH]c2c1. The lowest BCUT2D eigenvalue weighted by atomic mass is 10.2. The third-order valence-corrected chi connectivity index (χ3v) is 2.10. The number of rotatable bonds is 2. The van der Waals surface area contributed by atoms with Crippen molar-refractivity contribution in [3.05, 3.63) is 35.5 Å². The molecule has 0 spiro atoms. The molecule has 4 heteroatoms. The standard InChI is InChI=1S/C10H9NO3/c12-5-8-3-6-1-2-7(10(13)14)4-9(6)11-8/h1-4,11-12H,5H2,(H,13,14). The molecule has 0 saturated carbocycles. The summed E-state index contributed by atoms with van der Waals surface area (Å²) in [6.07, 6.45) is 0. The number of hydrogen-bond acceptors (Lipinski definition) is 2. The molecular formula is C10H9NO3. The summed E-state index contributed by atoms with van der Waals surface area (Å²) in [4.78, 5) is 13.6. The van der Waals surface area contributed by atoms with E-state index < -0.39 is 5.97 Å². The first-order valence-electron chi connectivity index (χ1n) is 4.16. The number of fused-ring (bicyclic) bond motifs is 1. The van der Waals surface area contributed by atoms with Crippen molar-refractivity contribution in [2.75, 3.05) is 0 Å². The average Bonchev–Trinajstić information content (AvgIpc) is 2.58. The van der Waals surface area contributed by atoms with Crippen molar-refractivity contribution in [1.29, 1.82) is 0 Å². The largest absolute Gasteiger partial charge is 0.478 e. The molecule has 0 fully saturated rings. The summed E-state index contributed by atoms with van der Waals surface area (Å²) in [6.45, 7) is -0.0723. The van der Waals surface area contributed by atoms with Gasteiger partial charge in [0.15, 0.2) is 0 Å². The molecule has 14 heavy (non-hydrogen) atoms. The Labute approximate surface area is 79.8 Å². The van der Waals surface area contributed by atoms with Crippen LogP contribution in [0, 0.1) is 0 Å². The van der Waals surface area contributed by atoms with Crippen LogP contribution in [-0.4, -0.2) is 21.2 Å². The molecule has 0 unspecified atom stereocenters. The molecule has 0 amide bonds. The Morgan fingerprint density at radius 3 is 2.79 bits per heavy atom. The number of H-pyrrole nitrogens is 1. The molecule has 3 N–H and O–H groups in total. The zero-order chi connectivity index (χ0) is 10.1. The quantitative estimate of drug-likeness (QED) is 0.671. The fourth-order valence-corrected chi connectivity index (χ4v) is 1.41. The van der Waals surface area contributed by atoms with E-state index in [0.29, 0.717) is 5.69 Å². The predicted molar refractivity (Wildman–Crippen MR) is 51.2 cm³/mol. The maximum Gasteiger partial charge on any atom is 0.335 e. The highest BCUT2D eigenvalue weighted by molar-refractivity contribution is 5.93. The van der Waals surface area contributed by atoms with Gasteiger partial charge >= 0.3 is 5.97 Å². The van der Waals surface area contributed by atoms with E-state index in [4.69, 9.17) is 10.2 Å². The molecule has 1 aromatic carbocycles. The second kappa shape index (κ2) is 3.16. The van der Waals surface area contributed by atoms with Crippen LogP contribution in [0.25, 0.3) is 10.9 Å². The van der Waals surface area contributed by atoms with Crippen LogP contribution in [0.1, 0.15) is 16.1 Å². The fraction of sp³-hybridized carbons (Fsp3) is 0.100. The van der Waals surface area contributed by atoms with E-state index >= 15 is 0 Å². The molecule has 2 rings (SSSR count). The summed E-state index contributed by atoms with van der Waals surface area (Å²) in [5, 5.41) is 18.5. The zero-order valence-corrected chi connectivity index (χ0v) is 7.32. The summed E-state index contributed by atoms with van der Waals surface area (Å²) >= 11 is 0. The smallest absolute Gasteiger partial charge is 0.335 e. The number of hydrogen-bond donors (Lipinski definition) is 3. The minimum Gasteiger partial charge on any atom is -0.478 e. The van der Waals surface area contributed by atoms with E-state index in [1.165, 1.54) is 0 Å². The highest BCUT2D eigenvalue weighted by atomic mass is 16.4. The summed E-state index contributed by atoms with van der Waals surface area (Å²) in [5.41, 5.74) is 1.65. The molecule has 1 heterocycles. The maximum absolute atomic E-state index is 10.7. The number of carboxylic acid groups (broad SMARTS) is 1. The van der Waals surface area contributed by atoms with Gasteiger partial charge in [-0.25, -0.2) is 4.79 Å². The van der Waals surface area contributed by atoms with Crippen LogP contribution in [0.4, 0.5) is 0 Å².